The lowest BCUT2D eigenvalue weighted by molar-refractivity contribution is -0.150. The van der Waals surface area contributed by atoms with Gasteiger partial charge < -0.3 is 27.4 Å². The van der Waals surface area contributed by atoms with Gasteiger partial charge in [0.1, 0.15) is 6.04 Å². The van der Waals surface area contributed by atoms with Crippen LogP contribution in [0.5, 0.6) is 0 Å². The van der Waals surface area contributed by atoms with Gasteiger partial charge in [-0.15, -0.1) is 0 Å². The highest BCUT2D eigenvalue weighted by Crippen LogP contribution is 2.08. The maximum Gasteiger partial charge on any atom is 0.321 e. The van der Waals surface area contributed by atoms with Gasteiger partial charge in [0.15, 0.2) is 5.96 Å². The van der Waals surface area contributed by atoms with Gasteiger partial charge in [0.05, 0.1) is 5.92 Å². The first-order chi connectivity index (χ1) is 6.86. The third kappa shape index (κ3) is 4.81. The summed E-state index contributed by atoms with van der Waals surface area (Å²) in [4.78, 5) is 24.7. The first-order valence-corrected chi connectivity index (χ1v) is 4.12. The van der Waals surface area contributed by atoms with Crippen molar-refractivity contribution < 1.29 is 19.8 Å². The minimum absolute atomic E-state index is 0.0271. The molecule has 0 saturated carbocycles. The zero-order valence-corrected chi connectivity index (χ0v) is 7.96. The molecule has 0 aromatic carbocycles. The second-order valence-electron chi connectivity index (χ2n) is 2.90. The van der Waals surface area contributed by atoms with Crippen LogP contribution in [-0.4, -0.2) is 40.7 Å². The number of carboxylic acids is 2. The van der Waals surface area contributed by atoms with Crippen LogP contribution in [-0.2, 0) is 9.59 Å². The molecule has 0 saturated heterocycles. The summed E-state index contributed by atoms with van der Waals surface area (Å²) in [5.41, 5.74) is 15.2. The number of hydrogen-bond donors (Lipinski definition) is 5. The van der Waals surface area contributed by atoms with Gasteiger partial charge in [-0.3, -0.25) is 14.6 Å². The fourth-order valence-corrected chi connectivity index (χ4v) is 0.961. The highest BCUT2D eigenvalue weighted by atomic mass is 16.4. The molecule has 0 rings (SSSR count). The lowest BCUT2D eigenvalue weighted by atomic mass is 9.97. The summed E-state index contributed by atoms with van der Waals surface area (Å²) in [6, 6.07) is -1.46. The molecule has 2 atom stereocenters. The Morgan fingerprint density at radius 3 is 2.07 bits per heavy atom. The summed E-state index contributed by atoms with van der Waals surface area (Å²) in [5.74, 6) is -4.03. The van der Waals surface area contributed by atoms with Crippen LogP contribution in [0.2, 0.25) is 0 Å². The molecule has 8 N–H and O–H groups in total. The van der Waals surface area contributed by atoms with Gasteiger partial charge >= 0.3 is 11.9 Å². The molecule has 0 amide bonds. The third-order valence-corrected chi connectivity index (χ3v) is 1.77. The molecular formula is C7H14N4O4. The van der Waals surface area contributed by atoms with E-state index in [1.54, 1.807) is 0 Å². The van der Waals surface area contributed by atoms with Crippen molar-refractivity contribution in [3.05, 3.63) is 0 Å². The summed E-state index contributed by atoms with van der Waals surface area (Å²) in [7, 11) is 0. The molecule has 0 aliphatic heterocycles. The summed E-state index contributed by atoms with van der Waals surface area (Å²) >= 11 is 0. The lowest BCUT2D eigenvalue weighted by Gasteiger charge is -2.14. The van der Waals surface area contributed by atoms with Crippen LogP contribution in [0.25, 0.3) is 0 Å². The van der Waals surface area contributed by atoms with E-state index in [1.807, 2.05) is 0 Å². The minimum Gasteiger partial charge on any atom is -0.481 e. The van der Waals surface area contributed by atoms with Crippen molar-refractivity contribution in [3.8, 4) is 0 Å². The topological polar surface area (TPSA) is 165 Å². The van der Waals surface area contributed by atoms with E-state index in [-0.39, 0.29) is 18.9 Å². The Kier molecular flexibility index (Phi) is 5.10. The monoisotopic (exact) mass is 218 g/mol. The molecule has 8 heteroatoms. The van der Waals surface area contributed by atoms with Crippen LogP contribution in [0.3, 0.4) is 0 Å². The van der Waals surface area contributed by atoms with Crippen LogP contribution < -0.4 is 17.2 Å². The summed E-state index contributed by atoms with van der Waals surface area (Å²) in [6.07, 6.45) is -0.0271. The summed E-state index contributed by atoms with van der Waals surface area (Å²) in [5, 5.41) is 17.2. The van der Waals surface area contributed by atoms with Gasteiger partial charge in [-0.2, -0.15) is 0 Å². The molecular weight excluding hydrogens is 204 g/mol. The highest BCUT2D eigenvalue weighted by Gasteiger charge is 2.29. The molecule has 0 bridgehead atoms. The van der Waals surface area contributed by atoms with Crippen LogP contribution >= 0.6 is 0 Å². The van der Waals surface area contributed by atoms with Crippen molar-refractivity contribution in [1.29, 1.82) is 0 Å². The number of aliphatic carboxylic acids is 2. The van der Waals surface area contributed by atoms with Gasteiger partial charge in [-0.05, 0) is 6.42 Å². The van der Waals surface area contributed by atoms with Crippen LogP contribution in [0, 0.1) is 5.92 Å². The lowest BCUT2D eigenvalue weighted by Crippen LogP contribution is -2.42. The highest BCUT2D eigenvalue weighted by molar-refractivity contribution is 5.82. The average Bonchev–Trinajstić information content (AvgIpc) is 2.10. The SMILES string of the molecule is NC(N)=NCCC(C(=O)O)[C@H](N)C(=O)O. The zero-order chi connectivity index (χ0) is 12.0. The smallest absolute Gasteiger partial charge is 0.321 e. The van der Waals surface area contributed by atoms with E-state index in [9.17, 15) is 9.59 Å². The summed E-state index contributed by atoms with van der Waals surface area (Å²) in [6.45, 7) is 0.0281. The van der Waals surface area contributed by atoms with Crippen molar-refractivity contribution >= 4 is 17.9 Å². The molecule has 8 nitrogen and oxygen atoms in total. The zero-order valence-electron chi connectivity index (χ0n) is 7.96. The largest absolute Gasteiger partial charge is 0.481 e. The molecule has 0 fully saturated rings. The molecule has 0 aromatic rings. The van der Waals surface area contributed by atoms with E-state index in [1.165, 1.54) is 0 Å². The number of rotatable bonds is 6. The van der Waals surface area contributed by atoms with E-state index < -0.39 is 23.9 Å². The molecule has 86 valence electrons. The van der Waals surface area contributed by atoms with Gasteiger partial charge in [0.2, 0.25) is 0 Å². The fraction of sp³-hybridized carbons (Fsp3) is 0.571. The molecule has 0 spiro atoms. The molecule has 0 radical (unpaired) electrons. The van der Waals surface area contributed by atoms with Crippen LogP contribution in [0.1, 0.15) is 6.42 Å². The van der Waals surface area contributed by atoms with E-state index in [0.29, 0.717) is 0 Å². The van der Waals surface area contributed by atoms with Gasteiger partial charge in [0.25, 0.3) is 0 Å². The average molecular weight is 218 g/mol. The van der Waals surface area contributed by atoms with E-state index in [0.717, 1.165) is 0 Å². The standard InChI is InChI=1S/C7H14N4O4/c8-4(6(14)15)3(5(12)13)1-2-11-7(9)10/h3-4H,1-2,8H2,(H,12,13)(H,14,15)(H4,9,10,11)/t3?,4-/m0/s1. The molecule has 15 heavy (non-hydrogen) atoms. The number of nitrogens with zero attached hydrogens (tertiary/aromatic N) is 1. The maximum atomic E-state index is 10.7. The van der Waals surface area contributed by atoms with Crippen molar-refractivity contribution in [1.82, 2.24) is 0 Å². The summed E-state index contributed by atoms with van der Waals surface area (Å²) < 4.78 is 0. The number of aliphatic imine (C=N–C) groups is 1. The Hall–Kier alpha value is -1.83. The van der Waals surface area contributed by atoms with Gasteiger partial charge in [-0.25, -0.2) is 0 Å². The third-order valence-electron chi connectivity index (χ3n) is 1.77. The number of hydrogen-bond acceptors (Lipinski definition) is 4. The number of guanidine groups is 1. The van der Waals surface area contributed by atoms with E-state index >= 15 is 0 Å². The molecule has 1 unspecified atom stereocenters. The Morgan fingerprint density at radius 1 is 1.20 bits per heavy atom. The Balaban J connectivity index is 4.36. The van der Waals surface area contributed by atoms with Gasteiger partial charge in [-0.1, -0.05) is 0 Å². The van der Waals surface area contributed by atoms with Gasteiger partial charge in [0, 0.05) is 6.54 Å². The Bertz CT molecular complexity index is 274. The number of carboxylic acid groups (broad SMARTS) is 2. The van der Waals surface area contributed by atoms with Crippen molar-refractivity contribution in [2.75, 3.05) is 6.54 Å². The number of nitrogens with two attached hydrogens (primary N) is 3. The number of carbonyl (C=O) groups is 2. The minimum atomic E-state index is -1.46. The second-order valence-corrected chi connectivity index (χ2v) is 2.90. The quantitative estimate of drug-likeness (QED) is 0.248. The fourth-order valence-electron chi connectivity index (χ4n) is 0.961. The van der Waals surface area contributed by atoms with E-state index in [4.69, 9.17) is 27.4 Å². The van der Waals surface area contributed by atoms with Crippen LogP contribution in [0.4, 0.5) is 0 Å². The first-order valence-electron chi connectivity index (χ1n) is 4.12. The predicted molar refractivity (Wildman–Crippen MR) is 52.0 cm³/mol. The molecule has 0 aliphatic rings. The molecule has 0 aliphatic carbocycles. The Morgan fingerprint density at radius 2 is 1.73 bits per heavy atom. The van der Waals surface area contributed by atoms with Crippen molar-refractivity contribution in [2.24, 2.45) is 28.1 Å². The van der Waals surface area contributed by atoms with Crippen molar-refractivity contribution in [3.63, 3.8) is 0 Å². The normalized spacial score (nSPS) is 13.9. The molecule has 0 aromatic heterocycles. The van der Waals surface area contributed by atoms with E-state index in [2.05, 4.69) is 4.99 Å². The Labute approximate surface area is 85.8 Å². The molecule has 0 heterocycles. The maximum absolute atomic E-state index is 10.7. The predicted octanol–water partition coefficient (Wildman–Crippen LogP) is -2.24. The van der Waals surface area contributed by atoms with Crippen LogP contribution in [0.15, 0.2) is 4.99 Å². The second kappa shape index (κ2) is 5.81. The first kappa shape index (κ1) is 13.2. The van der Waals surface area contributed by atoms with Crippen molar-refractivity contribution in [2.45, 2.75) is 12.5 Å².